The molecule has 0 aliphatic rings. The van der Waals surface area contributed by atoms with Crippen LogP contribution in [0.1, 0.15) is 5.56 Å². The Balaban J connectivity index is 2.09. The molecule has 106 valence electrons. The Morgan fingerprint density at radius 1 is 1.05 bits per heavy atom. The topological polar surface area (TPSA) is 9.23 Å². The highest BCUT2D eigenvalue weighted by Gasteiger charge is 2.25. The van der Waals surface area contributed by atoms with E-state index in [4.69, 9.17) is 16.3 Å². The summed E-state index contributed by atoms with van der Waals surface area (Å²) in [6.07, 6.45) is 0. The van der Waals surface area contributed by atoms with Gasteiger partial charge in [0.05, 0.1) is 5.02 Å². The monoisotopic (exact) mass is 303 g/mol. The summed E-state index contributed by atoms with van der Waals surface area (Å²) in [7, 11) is 0. The van der Waals surface area contributed by atoms with Gasteiger partial charge in [-0.1, -0.05) is 29.8 Å². The van der Waals surface area contributed by atoms with E-state index in [9.17, 15) is 17.3 Å². The minimum absolute atomic E-state index is 0.0180. The maximum atomic E-state index is 13.2. The minimum atomic E-state index is -5.06. The summed E-state index contributed by atoms with van der Waals surface area (Å²) >= 11 is 5.53. The molecular formula is C13H9BClF4O-. The van der Waals surface area contributed by atoms with Crippen LogP contribution in [-0.2, 0) is 6.61 Å². The molecule has 0 bridgehead atoms. The van der Waals surface area contributed by atoms with Crippen LogP contribution >= 0.6 is 11.6 Å². The number of hydrogen-bond acceptors (Lipinski definition) is 1. The first-order valence-corrected chi connectivity index (χ1v) is 6.11. The van der Waals surface area contributed by atoms with Crippen molar-refractivity contribution in [2.45, 2.75) is 6.61 Å². The minimum Gasteiger partial charge on any atom is -0.489 e. The van der Waals surface area contributed by atoms with Gasteiger partial charge in [0.15, 0.2) is 0 Å². The van der Waals surface area contributed by atoms with Crippen LogP contribution in [-0.4, -0.2) is 6.98 Å². The van der Waals surface area contributed by atoms with Gasteiger partial charge in [-0.25, -0.2) is 4.39 Å². The lowest BCUT2D eigenvalue weighted by molar-refractivity contribution is 0.305. The third kappa shape index (κ3) is 3.66. The van der Waals surface area contributed by atoms with Crippen molar-refractivity contribution < 1.29 is 22.1 Å². The predicted octanol–water partition coefficient (Wildman–Crippen LogP) is 4.11. The molecule has 20 heavy (non-hydrogen) atoms. The molecule has 0 amide bonds. The third-order valence-corrected chi connectivity index (χ3v) is 2.93. The molecule has 0 N–H and O–H groups in total. The van der Waals surface area contributed by atoms with E-state index in [0.717, 1.165) is 12.1 Å². The predicted molar refractivity (Wildman–Crippen MR) is 70.9 cm³/mol. The first kappa shape index (κ1) is 14.7. The first-order valence-electron chi connectivity index (χ1n) is 5.73. The SMILES string of the molecule is Fc1cc(COc2cccc([B-](F)(F)F)c2)ccc1Cl. The summed E-state index contributed by atoms with van der Waals surface area (Å²) in [6.45, 7) is -5.10. The second-order valence-electron chi connectivity index (χ2n) is 4.18. The number of benzene rings is 2. The molecule has 0 heterocycles. The van der Waals surface area contributed by atoms with Crippen molar-refractivity contribution in [3.63, 3.8) is 0 Å². The van der Waals surface area contributed by atoms with Gasteiger partial charge in [-0.05, 0) is 29.8 Å². The van der Waals surface area contributed by atoms with Crippen LogP contribution in [0, 0.1) is 5.82 Å². The van der Waals surface area contributed by atoms with Crippen LogP contribution in [0.15, 0.2) is 42.5 Å². The Hall–Kier alpha value is -1.69. The zero-order chi connectivity index (χ0) is 14.8. The second-order valence-corrected chi connectivity index (χ2v) is 4.59. The summed E-state index contributed by atoms with van der Waals surface area (Å²) in [5, 5.41) is -0.0180. The van der Waals surface area contributed by atoms with Gasteiger partial charge < -0.3 is 17.7 Å². The van der Waals surface area contributed by atoms with Gasteiger partial charge in [0.2, 0.25) is 0 Å². The molecule has 2 rings (SSSR count). The number of halogens is 5. The molecule has 7 heteroatoms. The van der Waals surface area contributed by atoms with Crippen LogP contribution in [0.5, 0.6) is 5.75 Å². The summed E-state index contributed by atoms with van der Waals surface area (Å²) in [6, 6.07) is 8.68. The van der Waals surface area contributed by atoms with E-state index in [1.54, 1.807) is 6.07 Å². The van der Waals surface area contributed by atoms with Crippen LogP contribution in [0.25, 0.3) is 0 Å². The highest BCUT2D eigenvalue weighted by Crippen LogP contribution is 2.18. The van der Waals surface area contributed by atoms with Crippen molar-refractivity contribution in [1.82, 2.24) is 0 Å². The third-order valence-electron chi connectivity index (χ3n) is 2.63. The smallest absolute Gasteiger partial charge is 0.489 e. The van der Waals surface area contributed by atoms with Gasteiger partial charge in [-0.3, -0.25) is 0 Å². The average Bonchev–Trinajstić information content (AvgIpc) is 2.39. The summed E-state index contributed by atoms with van der Waals surface area (Å²) in [5.41, 5.74) is -0.250. The van der Waals surface area contributed by atoms with E-state index < -0.39 is 18.3 Å². The second kappa shape index (κ2) is 5.75. The zero-order valence-corrected chi connectivity index (χ0v) is 10.9. The van der Waals surface area contributed by atoms with Crippen LogP contribution < -0.4 is 10.2 Å². The Morgan fingerprint density at radius 3 is 2.45 bits per heavy atom. The average molecular weight is 303 g/mol. The van der Waals surface area contributed by atoms with Crippen LogP contribution in [0.2, 0.25) is 5.02 Å². The van der Waals surface area contributed by atoms with Gasteiger partial charge in [-0.15, -0.1) is 5.46 Å². The molecular weight excluding hydrogens is 294 g/mol. The van der Waals surface area contributed by atoms with Gasteiger partial charge in [-0.2, -0.15) is 0 Å². The van der Waals surface area contributed by atoms with Gasteiger partial charge in [0, 0.05) is 0 Å². The van der Waals surface area contributed by atoms with Crippen LogP contribution in [0.3, 0.4) is 0 Å². The molecule has 0 atom stereocenters. The van der Waals surface area contributed by atoms with E-state index in [-0.39, 0.29) is 17.4 Å². The quantitative estimate of drug-likeness (QED) is 0.610. The van der Waals surface area contributed by atoms with E-state index in [1.165, 1.54) is 24.3 Å². The standard InChI is InChI=1S/C13H9BClF4O/c15-12-5-4-9(6-13(12)16)8-20-11-3-1-2-10(7-11)14(17,18)19/h1-7H,8H2/q-1. The van der Waals surface area contributed by atoms with Crippen molar-refractivity contribution in [3.8, 4) is 5.75 Å². The highest BCUT2D eigenvalue weighted by atomic mass is 35.5. The van der Waals surface area contributed by atoms with Crippen molar-refractivity contribution in [2.24, 2.45) is 0 Å². The highest BCUT2D eigenvalue weighted by molar-refractivity contribution is 6.73. The normalized spacial score (nSPS) is 11.4. The van der Waals surface area contributed by atoms with Crippen molar-refractivity contribution in [3.05, 3.63) is 58.9 Å². The Morgan fingerprint density at radius 2 is 1.80 bits per heavy atom. The Labute approximate surface area is 118 Å². The van der Waals surface area contributed by atoms with Crippen molar-refractivity contribution >= 4 is 24.0 Å². The largest absolute Gasteiger partial charge is 0.509 e. The molecule has 1 nitrogen and oxygen atoms in total. The van der Waals surface area contributed by atoms with Gasteiger partial charge in [0.1, 0.15) is 18.2 Å². The summed E-state index contributed by atoms with van der Waals surface area (Å²) in [4.78, 5) is 0. The molecule has 2 aromatic carbocycles. The lowest BCUT2D eigenvalue weighted by Crippen LogP contribution is -2.33. The summed E-state index contributed by atoms with van der Waals surface area (Å²) < 4.78 is 56.1. The fourth-order valence-electron chi connectivity index (χ4n) is 1.60. The molecule has 0 aromatic heterocycles. The molecule has 0 aliphatic heterocycles. The molecule has 0 aliphatic carbocycles. The molecule has 0 fully saturated rings. The van der Waals surface area contributed by atoms with Crippen molar-refractivity contribution in [2.75, 3.05) is 0 Å². The fraction of sp³-hybridized carbons (Fsp3) is 0.0769. The van der Waals surface area contributed by atoms with E-state index in [1.807, 2.05) is 0 Å². The lowest BCUT2D eigenvalue weighted by atomic mass is 9.80. The molecule has 2 aromatic rings. The molecule has 0 unspecified atom stereocenters. The molecule has 0 saturated heterocycles. The van der Waals surface area contributed by atoms with E-state index in [0.29, 0.717) is 5.56 Å². The number of hydrogen-bond donors (Lipinski definition) is 0. The van der Waals surface area contributed by atoms with E-state index >= 15 is 0 Å². The molecule has 0 spiro atoms. The summed E-state index contributed by atoms with van der Waals surface area (Å²) in [5.74, 6) is -0.516. The number of rotatable bonds is 4. The molecule has 0 saturated carbocycles. The van der Waals surface area contributed by atoms with Crippen molar-refractivity contribution in [1.29, 1.82) is 0 Å². The Kier molecular flexibility index (Phi) is 4.23. The number of ether oxygens (including phenoxy) is 1. The van der Waals surface area contributed by atoms with Gasteiger partial charge >= 0.3 is 6.98 Å². The van der Waals surface area contributed by atoms with Crippen LogP contribution in [0.4, 0.5) is 17.3 Å². The lowest BCUT2D eigenvalue weighted by Gasteiger charge is -2.16. The fourth-order valence-corrected chi connectivity index (χ4v) is 1.72. The Bertz CT molecular complexity index is 616. The first-order chi connectivity index (χ1) is 9.36. The molecule has 0 radical (unpaired) electrons. The maximum absolute atomic E-state index is 13.2. The van der Waals surface area contributed by atoms with Gasteiger partial charge in [0.25, 0.3) is 0 Å². The maximum Gasteiger partial charge on any atom is 0.509 e. The zero-order valence-electron chi connectivity index (χ0n) is 10.1. The van der Waals surface area contributed by atoms with E-state index in [2.05, 4.69) is 0 Å².